The maximum atomic E-state index is 5.73. The standard InChI is InChI=1S/C10H19N3O/c1-4-5-9(7-11)14-10-6-8(2)12-13(10)3/h6,9H,4-5,7,11H2,1-3H3. The fourth-order valence-electron chi connectivity index (χ4n) is 1.41. The molecule has 0 aliphatic carbocycles. The Hall–Kier alpha value is -1.03. The SMILES string of the molecule is CCCC(CN)Oc1cc(C)nn1C. The molecule has 1 aromatic rings. The highest BCUT2D eigenvalue weighted by Crippen LogP contribution is 2.14. The molecule has 2 N–H and O–H groups in total. The van der Waals surface area contributed by atoms with Gasteiger partial charge in [-0.25, -0.2) is 4.68 Å². The Morgan fingerprint density at radius 2 is 2.36 bits per heavy atom. The van der Waals surface area contributed by atoms with E-state index in [0.717, 1.165) is 24.4 Å². The van der Waals surface area contributed by atoms with Gasteiger partial charge in [-0.15, -0.1) is 0 Å². The summed E-state index contributed by atoms with van der Waals surface area (Å²) in [6.45, 7) is 4.63. The van der Waals surface area contributed by atoms with Crippen LogP contribution in [-0.4, -0.2) is 22.4 Å². The molecule has 0 aliphatic heterocycles. The molecule has 0 saturated heterocycles. The molecule has 1 aromatic heterocycles. The lowest BCUT2D eigenvalue weighted by molar-refractivity contribution is 0.181. The maximum Gasteiger partial charge on any atom is 0.212 e. The number of rotatable bonds is 5. The normalized spacial score (nSPS) is 12.9. The van der Waals surface area contributed by atoms with Crippen molar-refractivity contribution in [1.82, 2.24) is 9.78 Å². The second-order valence-corrected chi connectivity index (χ2v) is 3.51. The fraction of sp³-hybridized carbons (Fsp3) is 0.700. The first-order valence-corrected chi connectivity index (χ1v) is 5.04. The minimum atomic E-state index is 0.106. The summed E-state index contributed by atoms with van der Waals surface area (Å²) < 4.78 is 7.47. The lowest BCUT2D eigenvalue weighted by atomic mass is 10.2. The number of nitrogens with zero attached hydrogens (tertiary/aromatic N) is 2. The highest BCUT2D eigenvalue weighted by molar-refractivity contribution is 5.14. The van der Waals surface area contributed by atoms with E-state index in [-0.39, 0.29) is 6.10 Å². The molecule has 1 unspecified atom stereocenters. The van der Waals surface area contributed by atoms with E-state index in [4.69, 9.17) is 10.5 Å². The summed E-state index contributed by atoms with van der Waals surface area (Å²) in [6, 6.07) is 1.93. The minimum Gasteiger partial charge on any atom is -0.473 e. The predicted molar refractivity (Wildman–Crippen MR) is 56.3 cm³/mol. The average Bonchev–Trinajstić information content (AvgIpc) is 2.44. The summed E-state index contributed by atoms with van der Waals surface area (Å²) in [7, 11) is 1.88. The number of hydrogen-bond donors (Lipinski definition) is 1. The van der Waals surface area contributed by atoms with Gasteiger partial charge >= 0.3 is 0 Å². The number of ether oxygens (including phenoxy) is 1. The van der Waals surface area contributed by atoms with Crippen LogP contribution >= 0.6 is 0 Å². The van der Waals surface area contributed by atoms with Crippen molar-refractivity contribution in [3.05, 3.63) is 11.8 Å². The Kier molecular flexibility index (Phi) is 3.95. The molecule has 0 radical (unpaired) electrons. The molecule has 1 atom stereocenters. The Morgan fingerprint density at radius 1 is 1.64 bits per heavy atom. The van der Waals surface area contributed by atoms with Crippen LogP contribution in [0, 0.1) is 6.92 Å². The lowest BCUT2D eigenvalue weighted by Crippen LogP contribution is -2.27. The highest BCUT2D eigenvalue weighted by atomic mass is 16.5. The van der Waals surface area contributed by atoms with Crippen LogP contribution in [0.3, 0.4) is 0 Å². The van der Waals surface area contributed by atoms with Gasteiger partial charge in [0.05, 0.1) is 5.69 Å². The van der Waals surface area contributed by atoms with Crippen molar-refractivity contribution in [3.8, 4) is 5.88 Å². The lowest BCUT2D eigenvalue weighted by Gasteiger charge is -2.15. The van der Waals surface area contributed by atoms with Crippen molar-refractivity contribution < 1.29 is 4.74 Å². The molecule has 0 saturated carbocycles. The van der Waals surface area contributed by atoms with Gasteiger partial charge in [0.2, 0.25) is 5.88 Å². The molecule has 0 aliphatic rings. The molecule has 14 heavy (non-hydrogen) atoms. The van der Waals surface area contributed by atoms with E-state index in [1.54, 1.807) is 4.68 Å². The zero-order valence-electron chi connectivity index (χ0n) is 9.16. The van der Waals surface area contributed by atoms with E-state index >= 15 is 0 Å². The smallest absolute Gasteiger partial charge is 0.212 e. The van der Waals surface area contributed by atoms with Crippen LogP contribution in [0.15, 0.2) is 6.07 Å². The van der Waals surface area contributed by atoms with Crippen LogP contribution in [0.2, 0.25) is 0 Å². The summed E-state index contributed by atoms with van der Waals surface area (Å²) in [5.41, 5.74) is 6.58. The largest absolute Gasteiger partial charge is 0.473 e. The Labute approximate surface area is 85.0 Å². The van der Waals surface area contributed by atoms with Gasteiger partial charge in [-0.2, -0.15) is 5.10 Å². The van der Waals surface area contributed by atoms with Crippen LogP contribution in [0.5, 0.6) is 5.88 Å². The molecule has 1 heterocycles. The Balaban J connectivity index is 2.61. The Bertz CT molecular complexity index is 283. The number of nitrogens with two attached hydrogens (primary N) is 1. The number of aromatic nitrogens is 2. The van der Waals surface area contributed by atoms with Crippen LogP contribution < -0.4 is 10.5 Å². The van der Waals surface area contributed by atoms with Crippen LogP contribution in [0.1, 0.15) is 25.5 Å². The van der Waals surface area contributed by atoms with Crippen molar-refractivity contribution in [1.29, 1.82) is 0 Å². The van der Waals surface area contributed by atoms with Crippen molar-refractivity contribution in [2.24, 2.45) is 12.8 Å². The predicted octanol–water partition coefficient (Wildman–Crippen LogP) is 1.23. The first kappa shape index (κ1) is 11.0. The van der Waals surface area contributed by atoms with Crippen molar-refractivity contribution in [2.75, 3.05) is 6.54 Å². The quantitative estimate of drug-likeness (QED) is 0.772. The van der Waals surface area contributed by atoms with Crippen molar-refractivity contribution >= 4 is 0 Å². The Morgan fingerprint density at radius 3 is 2.79 bits per heavy atom. The molecule has 1 rings (SSSR count). The van der Waals surface area contributed by atoms with E-state index in [1.165, 1.54) is 0 Å². The summed E-state index contributed by atoms with van der Waals surface area (Å²) in [6.07, 6.45) is 2.18. The van der Waals surface area contributed by atoms with Gasteiger partial charge < -0.3 is 10.5 Å². The molecular weight excluding hydrogens is 178 g/mol. The van der Waals surface area contributed by atoms with Gasteiger partial charge in [-0.3, -0.25) is 0 Å². The van der Waals surface area contributed by atoms with Crippen LogP contribution in [0.4, 0.5) is 0 Å². The van der Waals surface area contributed by atoms with E-state index < -0.39 is 0 Å². The van der Waals surface area contributed by atoms with Crippen molar-refractivity contribution in [3.63, 3.8) is 0 Å². The van der Waals surface area contributed by atoms with Gasteiger partial charge in [0.15, 0.2) is 0 Å². The third-order valence-electron chi connectivity index (χ3n) is 2.12. The van der Waals surface area contributed by atoms with E-state index in [0.29, 0.717) is 6.54 Å². The summed E-state index contributed by atoms with van der Waals surface area (Å²) >= 11 is 0. The van der Waals surface area contributed by atoms with E-state index in [1.807, 2.05) is 20.0 Å². The molecule has 4 nitrogen and oxygen atoms in total. The van der Waals surface area contributed by atoms with Gasteiger partial charge in [0.25, 0.3) is 0 Å². The van der Waals surface area contributed by atoms with E-state index in [2.05, 4.69) is 12.0 Å². The molecular formula is C10H19N3O. The first-order valence-electron chi connectivity index (χ1n) is 5.04. The maximum absolute atomic E-state index is 5.73. The fourth-order valence-corrected chi connectivity index (χ4v) is 1.41. The van der Waals surface area contributed by atoms with Crippen LogP contribution in [0.25, 0.3) is 0 Å². The molecule has 4 heteroatoms. The second kappa shape index (κ2) is 5.00. The third kappa shape index (κ3) is 2.73. The number of hydrogen-bond acceptors (Lipinski definition) is 3. The molecule has 80 valence electrons. The zero-order valence-corrected chi connectivity index (χ0v) is 9.16. The van der Waals surface area contributed by atoms with Crippen molar-refractivity contribution in [2.45, 2.75) is 32.8 Å². The monoisotopic (exact) mass is 197 g/mol. The zero-order chi connectivity index (χ0) is 10.6. The topological polar surface area (TPSA) is 53.1 Å². The summed E-state index contributed by atoms with van der Waals surface area (Å²) in [5, 5.41) is 4.21. The summed E-state index contributed by atoms with van der Waals surface area (Å²) in [5.74, 6) is 0.798. The minimum absolute atomic E-state index is 0.106. The highest BCUT2D eigenvalue weighted by Gasteiger charge is 2.10. The molecule has 0 aromatic carbocycles. The average molecular weight is 197 g/mol. The van der Waals surface area contributed by atoms with E-state index in [9.17, 15) is 0 Å². The van der Waals surface area contributed by atoms with Gasteiger partial charge in [-0.05, 0) is 13.3 Å². The molecule has 0 amide bonds. The molecule has 0 spiro atoms. The molecule has 0 fully saturated rings. The van der Waals surface area contributed by atoms with Gasteiger partial charge in [-0.1, -0.05) is 13.3 Å². The third-order valence-corrected chi connectivity index (χ3v) is 2.12. The van der Waals surface area contributed by atoms with Crippen LogP contribution in [-0.2, 0) is 7.05 Å². The molecule has 0 bridgehead atoms. The van der Waals surface area contributed by atoms with Gasteiger partial charge in [0, 0.05) is 19.7 Å². The first-order chi connectivity index (χ1) is 6.67. The second-order valence-electron chi connectivity index (χ2n) is 3.51. The summed E-state index contributed by atoms with van der Waals surface area (Å²) in [4.78, 5) is 0. The van der Waals surface area contributed by atoms with Gasteiger partial charge in [0.1, 0.15) is 6.10 Å². The number of aryl methyl sites for hydroxylation is 2.